The second-order valence-corrected chi connectivity index (χ2v) is 7.07. The molecule has 2 N–H and O–H groups in total. The van der Waals surface area contributed by atoms with Crippen molar-refractivity contribution in [1.29, 1.82) is 0 Å². The van der Waals surface area contributed by atoms with Gasteiger partial charge in [0, 0.05) is 18.6 Å². The molecule has 2 aliphatic rings. The number of nitrogens with zero attached hydrogens (tertiary/aromatic N) is 1. The van der Waals surface area contributed by atoms with Gasteiger partial charge in [0.2, 0.25) is 0 Å². The van der Waals surface area contributed by atoms with Crippen molar-refractivity contribution in [1.82, 2.24) is 4.90 Å². The van der Waals surface area contributed by atoms with Crippen LogP contribution < -0.4 is 5.73 Å². The Morgan fingerprint density at radius 1 is 1.21 bits per heavy atom. The summed E-state index contributed by atoms with van der Waals surface area (Å²) in [5.41, 5.74) is 5.67. The molecule has 1 heterocycles. The van der Waals surface area contributed by atoms with Gasteiger partial charge in [-0.3, -0.25) is 0 Å². The molecule has 4 nitrogen and oxygen atoms in total. The lowest BCUT2D eigenvalue weighted by Gasteiger charge is -2.36. The summed E-state index contributed by atoms with van der Waals surface area (Å²) in [6.45, 7) is 6.61. The van der Waals surface area contributed by atoms with Crippen LogP contribution in [-0.4, -0.2) is 35.2 Å². The topological polar surface area (TPSA) is 55.6 Å². The van der Waals surface area contributed by atoms with E-state index in [0.717, 1.165) is 32.2 Å². The third kappa shape index (κ3) is 3.85. The molecule has 0 spiro atoms. The molecule has 4 heteroatoms. The van der Waals surface area contributed by atoms with Crippen LogP contribution in [0.15, 0.2) is 0 Å². The minimum absolute atomic E-state index is 0.144. The van der Waals surface area contributed by atoms with Crippen molar-refractivity contribution in [2.75, 3.05) is 6.54 Å². The maximum absolute atomic E-state index is 12.3. The highest BCUT2D eigenvalue weighted by molar-refractivity contribution is 5.69. The first-order chi connectivity index (χ1) is 8.87. The number of carbonyl (C=O) groups excluding carboxylic acids is 1. The number of hydrogen-bond acceptors (Lipinski definition) is 3. The predicted molar refractivity (Wildman–Crippen MR) is 75.9 cm³/mol. The summed E-state index contributed by atoms with van der Waals surface area (Å²) in [6.07, 6.45) is 6.66. The number of likely N-dealkylation sites (tertiary alicyclic amines) is 1. The fraction of sp³-hybridized carbons (Fsp3) is 0.933. The Hall–Kier alpha value is -0.770. The minimum Gasteiger partial charge on any atom is -0.444 e. The molecule has 1 amide bonds. The normalized spacial score (nSPS) is 32.4. The molecule has 2 fully saturated rings. The zero-order valence-corrected chi connectivity index (χ0v) is 12.5. The van der Waals surface area contributed by atoms with Gasteiger partial charge in [0.05, 0.1) is 0 Å². The van der Waals surface area contributed by atoms with Crippen LogP contribution in [0.4, 0.5) is 4.79 Å². The molecule has 3 unspecified atom stereocenters. The number of hydrogen-bond donors (Lipinski definition) is 1. The van der Waals surface area contributed by atoms with E-state index in [9.17, 15) is 4.79 Å². The zero-order valence-electron chi connectivity index (χ0n) is 12.5. The first kappa shape index (κ1) is 14.6. The molecule has 3 atom stereocenters. The predicted octanol–water partition coefficient (Wildman–Crippen LogP) is 2.90. The second-order valence-electron chi connectivity index (χ2n) is 7.07. The minimum atomic E-state index is -0.410. The Kier molecular flexibility index (Phi) is 4.39. The first-order valence-electron chi connectivity index (χ1n) is 7.62. The molecule has 0 radical (unpaired) electrons. The summed E-state index contributed by atoms with van der Waals surface area (Å²) >= 11 is 0. The summed E-state index contributed by atoms with van der Waals surface area (Å²) in [4.78, 5) is 14.2. The summed E-state index contributed by atoms with van der Waals surface area (Å²) in [6, 6.07) is 0.668. The van der Waals surface area contributed by atoms with E-state index in [4.69, 9.17) is 10.5 Å². The molecule has 0 aromatic rings. The zero-order chi connectivity index (χ0) is 14.0. The van der Waals surface area contributed by atoms with Gasteiger partial charge in [0.25, 0.3) is 0 Å². The number of nitrogens with two attached hydrogens (primary N) is 1. The van der Waals surface area contributed by atoms with E-state index in [1.807, 2.05) is 25.7 Å². The molecule has 0 aromatic heterocycles. The van der Waals surface area contributed by atoms with Crippen molar-refractivity contribution in [3.05, 3.63) is 0 Å². The van der Waals surface area contributed by atoms with Gasteiger partial charge in [0.1, 0.15) is 5.60 Å². The third-order valence-corrected chi connectivity index (χ3v) is 4.23. The second kappa shape index (κ2) is 5.70. The van der Waals surface area contributed by atoms with Gasteiger partial charge in [-0.2, -0.15) is 0 Å². The molecule has 2 rings (SSSR count). The molecular formula is C15H28N2O2. The third-order valence-electron chi connectivity index (χ3n) is 4.23. The average Bonchev–Trinajstić information content (AvgIpc) is 2.75. The summed E-state index contributed by atoms with van der Waals surface area (Å²) in [5.74, 6) is 0.568. The molecule has 1 saturated heterocycles. The number of amides is 1. The lowest BCUT2D eigenvalue weighted by atomic mass is 9.80. The van der Waals surface area contributed by atoms with Gasteiger partial charge in [-0.15, -0.1) is 0 Å². The Morgan fingerprint density at radius 2 is 1.95 bits per heavy atom. The smallest absolute Gasteiger partial charge is 0.410 e. The maximum atomic E-state index is 12.3. The monoisotopic (exact) mass is 268 g/mol. The van der Waals surface area contributed by atoms with Crippen molar-refractivity contribution < 1.29 is 9.53 Å². The van der Waals surface area contributed by atoms with Crippen LogP contribution in [0.5, 0.6) is 0 Å². The van der Waals surface area contributed by atoms with Crippen molar-refractivity contribution in [3.63, 3.8) is 0 Å². The van der Waals surface area contributed by atoms with Crippen LogP contribution in [0.2, 0.25) is 0 Å². The van der Waals surface area contributed by atoms with Crippen LogP contribution in [0.1, 0.15) is 59.3 Å². The molecule has 1 aliphatic carbocycles. The molecule has 1 aliphatic heterocycles. The average molecular weight is 268 g/mol. The fourth-order valence-corrected chi connectivity index (χ4v) is 3.45. The molecule has 1 saturated carbocycles. The Labute approximate surface area is 116 Å². The summed E-state index contributed by atoms with van der Waals surface area (Å²) < 4.78 is 5.53. The first-order valence-corrected chi connectivity index (χ1v) is 7.62. The Balaban J connectivity index is 1.98. The maximum Gasteiger partial charge on any atom is 0.410 e. The highest BCUT2D eigenvalue weighted by atomic mass is 16.6. The van der Waals surface area contributed by atoms with Crippen molar-refractivity contribution in [2.45, 2.75) is 77.0 Å². The Morgan fingerprint density at radius 3 is 2.58 bits per heavy atom. The quantitative estimate of drug-likeness (QED) is 0.795. The van der Waals surface area contributed by atoms with E-state index < -0.39 is 5.60 Å². The van der Waals surface area contributed by atoms with Crippen molar-refractivity contribution in [3.8, 4) is 0 Å². The van der Waals surface area contributed by atoms with E-state index >= 15 is 0 Å². The van der Waals surface area contributed by atoms with Gasteiger partial charge in [-0.05, 0) is 58.8 Å². The largest absolute Gasteiger partial charge is 0.444 e. The van der Waals surface area contributed by atoms with Crippen molar-refractivity contribution in [2.24, 2.45) is 11.7 Å². The SMILES string of the molecule is CC(C)(C)OC(=O)N1CCCC1C1CCCC(N)C1. The molecule has 110 valence electrons. The lowest BCUT2D eigenvalue weighted by Crippen LogP contribution is -2.45. The van der Waals surface area contributed by atoms with Gasteiger partial charge in [-0.25, -0.2) is 4.79 Å². The van der Waals surface area contributed by atoms with Gasteiger partial charge in [-0.1, -0.05) is 6.42 Å². The van der Waals surface area contributed by atoms with Crippen LogP contribution >= 0.6 is 0 Å². The van der Waals surface area contributed by atoms with Gasteiger partial charge in [0.15, 0.2) is 0 Å². The van der Waals surface area contributed by atoms with Crippen LogP contribution in [0, 0.1) is 5.92 Å². The number of rotatable bonds is 1. The molecule has 0 aromatic carbocycles. The standard InChI is InChI=1S/C15H28N2O2/c1-15(2,3)19-14(18)17-9-5-8-13(17)11-6-4-7-12(16)10-11/h11-13H,4-10,16H2,1-3H3. The van der Waals surface area contributed by atoms with Crippen LogP contribution in [0.25, 0.3) is 0 Å². The highest BCUT2D eigenvalue weighted by Crippen LogP contribution is 2.34. The van der Waals surface area contributed by atoms with E-state index in [1.165, 1.54) is 12.8 Å². The lowest BCUT2D eigenvalue weighted by molar-refractivity contribution is 0.0152. The Bertz CT molecular complexity index is 325. The van der Waals surface area contributed by atoms with Crippen LogP contribution in [-0.2, 0) is 4.74 Å². The molecular weight excluding hydrogens is 240 g/mol. The molecule has 0 bridgehead atoms. The number of ether oxygens (including phenoxy) is 1. The molecule has 19 heavy (non-hydrogen) atoms. The van der Waals surface area contributed by atoms with E-state index in [2.05, 4.69) is 0 Å². The van der Waals surface area contributed by atoms with Crippen molar-refractivity contribution >= 4 is 6.09 Å². The van der Waals surface area contributed by atoms with Gasteiger partial charge < -0.3 is 15.4 Å². The summed E-state index contributed by atoms with van der Waals surface area (Å²) in [5, 5.41) is 0. The summed E-state index contributed by atoms with van der Waals surface area (Å²) in [7, 11) is 0. The van der Waals surface area contributed by atoms with E-state index in [0.29, 0.717) is 18.0 Å². The van der Waals surface area contributed by atoms with E-state index in [-0.39, 0.29) is 6.09 Å². The highest BCUT2D eigenvalue weighted by Gasteiger charge is 2.38. The van der Waals surface area contributed by atoms with Crippen LogP contribution in [0.3, 0.4) is 0 Å². The number of carbonyl (C=O) groups is 1. The van der Waals surface area contributed by atoms with Gasteiger partial charge >= 0.3 is 6.09 Å². The fourth-order valence-electron chi connectivity index (χ4n) is 3.45. The van der Waals surface area contributed by atoms with E-state index in [1.54, 1.807) is 0 Å².